The highest BCUT2D eigenvalue weighted by molar-refractivity contribution is 6.30. The van der Waals surface area contributed by atoms with E-state index in [-0.39, 0.29) is 12.2 Å². The van der Waals surface area contributed by atoms with Gasteiger partial charge in [0.25, 0.3) is 0 Å². The van der Waals surface area contributed by atoms with Crippen LogP contribution in [-0.2, 0) is 4.74 Å². The zero-order valence-electron chi connectivity index (χ0n) is 8.53. The van der Waals surface area contributed by atoms with Gasteiger partial charge in [0, 0.05) is 11.6 Å². The first kappa shape index (κ1) is 11.5. The number of ether oxygens (including phenoxy) is 1. The zero-order valence-corrected chi connectivity index (χ0v) is 9.29. The fourth-order valence-electron chi connectivity index (χ4n) is 1.28. The van der Waals surface area contributed by atoms with E-state index in [1.807, 2.05) is 38.1 Å². The van der Waals surface area contributed by atoms with Crippen LogP contribution in [0.4, 0.5) is 0 Å². The maximum absolute atomic E-state index is 5.79. The first-order chi connectivity index (χ1) is 6.63. The quantitative estimate of drug-likeness (QED) is 0.835. The normalized spacial score (nSPS) is 13.2. The van der Waals surface area contributed by atoms with Crippen LogP contribution < -0.4 is 5.73 Å². The Morgan fingerprint density at radius 2 is 1.86 bits per heavy atom. The summed E-state index contributed by atoms with van der Waals surface area (Å²) in [6, 6.07) is 7.59. The van der Waals surface area contributed by atoms with Gasteiger partial charge in [-0.15, -0.1) is 0 Å². The Bertz CT molecular complexity index is 271. The second-order valence-corrected chi connectivity index (χ2v) is 3.90. The Morgan fingerprint density at radius 1 is 1.29 bits per heavy atom. The number of rotatable bonds is 4. The number of hydrogen-bond acceptors (Lipinski definition) is 2. The lowest BCUT2D eigenvalue weighted by molar-refractivity contribution is 0.0120. The number of benzene rings is 1. The van der Waals surface area contributed by atoms with Gasteiger partial charge >= 0.3 is 0 Å². The lowest BCUT2D eigenvalue weighted by Gasteiger charge is -2.19. The van der Waals surface area contributed by atoms with Gasteiger partial charge in [0.1, 0.15) is 0 Å². The summed E-state index contributed by atoms with van der Waals surface area (Å²) in [5.41, 5.74) is 6.71. The third-order valence-corrected chi connectivity index (χ3v) is 2.14. The molecule has 1 rings (SSSR count). The van der Waals surface area contributed by atoms with Gasteiger partial charge in [-0.05, 0) is 31.5 Å². The van der Waals surface area contributed by atoms with Crippen LogP contribution in [0.1, 0.15) is 25.5 Å². The van der Waals surface area contributed by atoms with Crippen molar-refractivity contribution in [3.63, 3.8) is 0 Å². The molecule has 0 fully saturated rings. The zero-order chi connectivity index (χ0) is 10.6. The van der Waals surface area contributed by atoms with Gasteiger partial charge in [0.05, 0.1) is 12.2 Å². The maximum atomic E-state index is 5.79. The van der Waals surface area contributed by atoms with Crippen molar-refractivity contribution in [3.05, 3.63) is 34.9 Å². The molecule has 0 unspecified atom stereocenters. The number of hydrogen-bond donors (Lipinski definition) is 1. The molecule has 0 saturated carbocycles. The predicted octanol–water partition coefficient (Wildman–Crippen LogP) is 2.76. The molecule has 1 aromatic rings. The molecule has 0 aliphatic rings. The molecule has 14 heavy (non-hydrogen) atoms. The first-order valence-electron chi connectivity index (χ1n) is 4.74. The molecule has 1 aromatic carbocycles. The lowest BCUT2D eigenvalue weighted by atomic mass is 10.1. The van der Waals surface area contributed by atoms with E-state index >= 15 is 0 Å². The molecule has 78 valence electrons. The van der Waals surface area contributed by atoms with Crippen LogP contribution in [0.2, 0.25) is 5.02 Å². The van der Waals surface area contributed by atoms with Crippen LogP contribution in [-0.4, -0.2) is 12.6 Å². The smallest absolute Gasteiger partial charge is 0.0950 e. The van der Waals surface area contributed by atoms with Crippen molar-refractivity contribution in [2.24, 2.45) is 5.73 Å². The van der Waals surface area contributed by atoms with Crippen LogP contribution in [0.15, 0.2) is 24.3 Å². The SMILES string of the molecule is CC(C)O[C@H](CN)c1ccc(Cl)cc1. The Balaban J connectivity index is 2.73. The molecule has 0 spiro atoms. The van der Waals surface area contributed by atoms with E-state index in [2.05, 4.69) is 0 Å². The molecule has 0 bridgehead atoms. The minimum atomic E-state index is -0.0349. The summed E-state index contributed by atoms with van der Waals surface area (Å²) >= 11 is 5.79. The Kier molecular flexibility index (Phi) is 4.39. The van der Waals surface area contributed by atoms with E-state index in [1.54, 1.807) is 0 Å². The van der Waals surface area contributed by atoms with Gasteiger partial charge in [-0.25, -0.2) is 0 Å². The topological polar surface area (TPSA) is 35.2 Å². The summed E-state index contributed by atoms with van der Waals surface area (Å²) in [7, 11) is 0. The maximum Gasteiger partial charge on any atom is 0.0950 e. The Hall–Kier alpha value is -0.570. The fourth-order valence-corrected chi connectivity index (χ4v) is 1.40. The van der Waals surface area contributed by atoms with E-state index in [9.17, 15) is 0 Å². The van der Waals surface area contributed by atoms with Gasteiger partial charge in [-0.2, -0.15) is 0 Å². The minimum Gasteiger partial charge on any atom is -0.370 e. The molecule has 0 radical (unpaired) electrons. The average molecular weight is 214 g/mol. The minimum absolute atomic E-state index is 0.0349. The monoisotopic (exact) mass is 213 g/mol. The summed E-state index contributed by atoms with van der Waals surface area (Å²) in [5, 5.41) is 0.731. The van der Waals surface area contributed by atoms with Crippen molar-refractivity contribution >= 4 is 11.6 Å². The molecule has 2 nitrogen and oxygen atoms in total. The van der Waals surface area contributed by atoms with E-state index in [0.717, 1.165) is 10.6 Å². The van der Waals surface area contributed by atoms with E-state index in [1.165, 1.54) is 0 Å². The third kappa shape index (κ3) is 3.29. The van der Waals surface area contributed by atoms with E-state index in [0.29, 0.717) is 6.54 Å². The van der Waals surface area contributed by atoms with Crippen molar-refractivity contribution in [1.29, 1.82) is 0 Å². The van der Waals surface area contributed by atoms with Gasteiger partial charge in [0.15, 0.2) is 0 Å². The summed E-state index contributed by atoms with van der Waals surface area (Å²) in [6.07, 6.45) is 0.145. The lowest BCUT2D eigenvalue weighted by Crippen LogP contribution is -2.19. The van der Waals surface area contributed by atoms with Gasteiger partial charge in [-0.3, -0.25) is 0 Å². The van der Waals surface area contributed by atoms with Gasteiger partial charge < -0.3 is 10.5 Å². The second-order valence-electron chi connectivity index (χ2n) is 3.46. The predicted molar refractivity (Wildman–Crippen MR) is 59.5 cm³/mol. The highest BCUT2D eigenvalue weighted by Gasteiger charge is 2.11. The third-order valence-electron chi connectivity index (χ3n) is 1.89. The molecule has 0 aromatic heterocycles. The van der Waals surface area contributed by atoms with Crippen LogP contribution in [0.25, 0.3) is 0 Å². The summed E-state index contributed by atoms with van der Waals surface area (Å²) in [6.45, 7) is 4.48. The largest absolute Gasteiger partial charge is 0.370 e. The number of halogens is 1. The van der Waals surface area contributed by atoms with Gasteiger partial charge in [0.2, 0.25) is 0 Å². The van der Waals surface area contributed by atoms with Crippen LogP contribution >= 0.6 is 11.6 Å². The fraction of sp³-hybridized carbons (Fsp3) is 0.455. The molecular weight excluding hydrogens is 198 g/mol. The van der Waals surface area contributed by atoms with E-state index < -0.39 is 0 Å². The summed E-state index contributed by atoms with van der Waals surface area (Å²) in [4.78, 5) is 0. The molecule has 1 atom stereocenters. The van der Waals surface area contributed by atoms with Gasteiger partial charge in [-0.1, -0.05) is 23.7 Å². The van der Waals surface area contributed by atoms with Crippen molar-refractivity contribution in [1.82, 2.24) is 0 Å². The first-order valence-corrected chi connectivity index (χ1v) is 5.12. The Morgan fingerprint density at radius 3 is 2.29 bits per heavy atom. The molecule has 3 heteroatoms. The summed E-state index contributed by atoms with van der Waals surface area (Å²) in [5.74, 6) is 0. The second kappa shape index (κ2) is 5.35. The van der Waals surface area contributed by atoms with E-state index in [4.69, 9.17) is 22.1 Å². The Labute approximate surface area is 90.0 Å². The molecule has 0 amide bonds. The number of nitrogens with two attached hydrogens (primary N) is 1. The highest BCUT2D eigenvalue weighted by Crippen LogP contribution is 2.20. The summed E-state index contributed by atoms with van der Waals surface area (Å²) < 4.78 is 5.66. The molecule has 0 saturated heterocycles. The molecule has 0 aliphatic carbocycles. The van der Waals surface area contributed by atoms with Crippen molar-refractivity contribution in [2.75, 3.05) is 6.54 Å². The molecule has 2 N–H and O–H groups in total. The molecular formula is C11H16ClNO. The van der Waals surface area contributed by atoms with Crippen molar-refractivity contribution < 1.29 is 4.74 Å². The highest BCUT2D eigenvalue weighted by atomic mass is 35.5. The van der Waals surface area contributed by atoms with Crippen molar-refractivity contribution in [2.45, 2.75) is 26.1 Å². The van der Waals surface area contributed by atoms with Crippen LogP contribution in [0, 0.1) is 0 Å². The van der Waals surface area contributed by atoms with Crippen LogP contribution in [0.3, 0.4) is 0 Å². The molecule has 0 aliphatic heterocycles. The molecule has 0 heterocycles. The standard InChI is InChI=1S/C11H16ClNO/c1-8(2)14-11(7-13)9-3-5-10(12)6-4-9/h3-6,8,11H,7,13H2,1-2H3/t11-/m1/s1. The van der Waals surface area contributed by atoms with Crippen molar-refractivity contribution in [3.8, 4) is 0 Å². The van der Waals surface area contributed by atoms with Crippen LogP contribution in [0.5, 0.6) is 0 Å². The average Bonchev–Trinajstić information content (AvgIpc) is 2.15.